The molecule has 0 spiro atoms. The largest absolute Gasteiger partial charge is 0.369 e. The standard InChI is InChI=1S/C16H17Cl2N5O3/c17-5-7-23(8-6-18)12-3-1-11(2-4-12)10-19-22-15(25)13-9-14(24)21-16(26)20-13/h1-4,9-10H,5-8H2,(H,22,25)(H2,20,21,24,26)/b19-10-. The summed E-state index contributed by atoms with van der Waals surface area (Å²) in [5.41, 5.74) is 2.37. The Labute approximate surface area is 158 Å². The summed E-state index contributed by atoms with van der Waals surface area (Å²) < 4.78 is 0. The molecule has 0 fully saturated rings. The highest BCUT2D eigenvalue weighted by atomic mass is 35.5. The lowest BCUT2D eigenvalue weighted by Crippen LogP contribution is -2.28. The van der Waals surface area contributed by atoms with Crippen LogP contribution >= 0.6 is 23.2 Å². The van der Waals surface area contributed by atoms with Crippen LogP contribution < -0.4 is 21.6 Å². The lowest BCUT2D eigenvalue weighted by atomic mass is 10.2. The molecule has 1 heterocycles. The van der Waals surface area contributed by atoms with Gasteiger partial charge in [-0.15, -0.1) is 23.2 Å². The first-order valence-corrected chi connectivity index (χ1v) is 8.74. The fourth-order valence-corrected chi connectivity index (χ4v) is 2.57. The number of carbonyl (C=O) groups is 1. The van der Waals surface area contributed by atoms with Crippen LogP contribution in [0.2, 0.25) is 0 Å². The lowest BCUT2D eigenvalue weighted by molar-refractivity contribution is 0.0949. The van der Waals surface area contributed by atoms with Gasteiger partial charge < -0.3 is 9.88 Å². The van der Waals surface area contributed by atoms with Crippen molar-refractivity contribution in [2.24, 2.45) is 5.10 Å². The average molecular weight is 398 g/mol. The number of hydrazone groups is 1. The normalized spacial score (nSPS) is 10.8. The van der Waals surface area contributed by atoms with Crippen molar-refractivity contribution in [3.63, 3.8) is 0 Å². The molecule has 1 aromatic heterocycles. The molecular formula is C16H17Cl2N5O3. The van der Waals surface area contributed by atoms with Crippen LogP contribution in [0.1, 0.15) is 16.1 Å². The van der Waals surface area contributed by atoms with Gasteiger partial charge in [0, 0.05) is 36.6 Å². The van der Waals surface area contributed by atoms with Gasteiger partial charge in [-0.25, -0.2) is 10.2 Å². The summed E-state index contributed by atoms with van der Waals surface area (Å²) in [5, 5.41) is 3.81. The number of carbonyl (C=O) groups excluding carboxylic acids is 1. The Hall–Kier alpha value is -2.58. The second-order valence-corrected chi connectivity index (χ2v) is 5.91. The molecule has 0 bridgehead atoms. The highest BCUT2D eigenvalue weighted by Gasteiger charge is 2.07. The molecule has 0 saturated carbocycles. The number of aromatic nitrogens is 2. The fourth-order valence-electron chi connectivity index (χ4n) is 2.16. The summed E-state index contributed by atoms with van der Waals surface area (Å²) in [6, 6.07) is 8.43. The monoisotopic (exact) mass is 397 g/mol. The summed E-state index contributed by atoms with van der Waals surface area (Å²) in [6.45, 7) is 1.37. The molecule has 0 saturated heterocycles. The number of hydrogen-bond donors (Lipinski definition) is 3. The number of aromatic amines is 2. The highest BCUT2D eigenvalue weighted by molar-refractivity contribution is 6.18. The van der Waals surface area contributed by atoms with Crippen LogP contribution in [0.15, 0.2) is 45.0 Å². The van der Waals surface area contributed by atoms with Crippen molar-refractivity contribution in [2.75, 3.05) is 29.7 Å². The lowest BCUT2D eigenvalue weighted by Gasteiger charge is -2.22. The highest BCUT2D eigenvalue weighted by Crippen LogP contribution is 2.14. The van der Waals surface area contributed by atoms with Crippen molar-refractivity contribution in [3.05, 3.63) is 62.4 Å². The Morgan fingerprint density at radius 3 is 2.35 bits per heavy atom. The van der Waals surface area contributed by atoms with E-state index in [-0.39, 0.29) is 5.69 Å². The third-order valence-electron chi connectivity index (χ3n) is 3.35. The average Bonchev–Trinajstić information content (AvgIpc) is 2.61. The van der Waals surface area contributed by atoms with Gasteiger partial charge in [0.15, 0.2) is 0 Å². The zero-order chi connectivity index (χ0) is 18.9. The number of halogens is 2. The molecule has 26 heavy (non-hydrogen) atoms. The predicted molar refractivity (Wildman–Crippen MR) is 103 cm³/mol. The summed E-state index contributed by atoms with van der Waals surface area (Å²) >= 11 is 11.6. The van der Waals surface area contributed by atoms with Gasteiger partial charge in [0.1, 0.15) is 5.69 Å². The Balaban J connectivity index is 2.00. The Bertz CT molecular complexity index is 842. The van der Waals surface area contributed by atoms with Crippen LogP contribution in [-0.4, -0.2) is 46.9 Å². The smallest absolute Gasteiger partial charge is 0.326 e. The van der Waals surface area contributed by atoms with Crippen LogP contribution in [0.3, 0.4) is 0 Å². The Morgan fingerprint density at radius 2 is 1.77 bits per heavy atom. The van der Waals surface area contributed by atoms with E-state index in [1.807, 2.05) is 29.2 Å². The van der Waals surface area contributed by atoms with E-state index in [1.165, 1.54) is 6.21 Å². The molecule has 3 N–H and O–H groups in total. The van der Waals surface area contributed by atoms with Crippen molar-refractivity contribution in [1.82, 2.24) is 15.4 Å². The first kappa shape index (κ1) is 19.7. The molecule has 8 nitrogen and oxygen atoms in total. The number of alkyl halides is 2. The number of amides is 1. The number of anilines is 1. The van der Waals surface area contributed by atoms with E-state index in [0.29, 0.717) is 24.8 Å². The Kier molecular flexibility index (Phi) is 7.43. The number of H-pyrrole nitrogens is 2. The van der Waals surface area contributed by atoms with Crippen LogP contribution in [0, 0.1) is 0 Å². The summed E-state index contributed by atoms with van der Waals surface area (Å²) in [7, 11) is 0. The number of nitrogens with one attached hydrogen (secondary N) is 3. The van der Waals surface area contributed by atoms with E-state index in [0.717, 1.165) is 17.3 Å². The van der Waals surface area contributed by atoms with Gasteiger partial charge in [-0.3, -0.25) is 14.6 Å². The second-order valence-electron chi connectivity index (χ2n) is 5.16. The molecule has 10 heteroatoms. The minimum absolute atomic E-state index is 0.177. The van der Waals surface area contributed by atoms with Crippen LogP contribution in [-0.2, 0) is 0 Å². The van der Waals surface area contributed by atoms with Crippen LogP contribution in [0.4, 0.5) is 5.69 Å². The Morgan fingerprint density at radius 1 is 1.12 bits per heavy atom. The molecule has 0 radical (unpaired) electrons. The molecule has 138 valence electrons. The van der Waals surface area contributed by atoms with Crippen LogP contribution in [0.25, 0.3) is 0 Å². The van der Waals surface area contributed by atoms with E-state index in [9.17, 15) is 14.4 Å². The SMILES string of the molecule is O=C(N/N=C\c1ccc(N(CCCl)CCCl)cc1)c1cc(=O)[nH]c(=O)[nH]1. The quantitative estimate of drug-likeness (QED) is 0.352. The zero-order valence-corrected chi connectivity index (χ0v) is 15.2. The molecule has 2 aromatic rings. The minimum atomic E-state index is -0.763. The van der Waals surface area contributed by atoms with E-state index >= 15 is 0 Å². The summed E-state index contributed by atoms with van der Waals surface area (Å²) in [5.74, 6) is 0.295. The van der Waals surface area contributed by atoms with E-state index in [1.54, 1.807) is 0 Å². The van der Waals surface area contributed by atoms with Gasteiger partial charge >= 0.3 is 5.69 Å². The number of nitrogens with zero attached hydrogens (tertiary/aromatic N) is 2. The molecule has 0 aliphatic heterocycles. The van der Waals surface area contributed by atoms with Crippen LogP contribution in [0.5, 0.6) is 0 Å². The minimum Gasteiger partial charge on any atom is -0.369 e. The van der Waals surface area contributed by atoms with Crippen molar-refractivity contribution >= 4 is 41.0 Å². The number of rotatable bonds is 8. The third kappa shape index (κ3) is 5.75. The third-order valence-corrected chi connectivity index (χ3v) is 3.69. The molecule has 1 aromatic carbocycles. The van der Waals surface area contributed by atoms with E-state index in [2.05, 4.69) is 20.4 Å². The maximum absolute atomic E-state index is 11.8. The number of benzene rings is 1. The molecule has 0 atom stereocenters. The maximum Gasteiger partial charge on any atom is 0.326 e. The van der Waals surface area contributed by atoms with Gasteiger partial charge in [-0.2, -0.15) is 5.10 Å². The van der Waals surface area contributed by atoms with Gasteiger partial charge in [-0.1, -0.05) is 12.1 Å². The first-order chi connectivity index (χ1) is 12.5. The van der Waals surface area contributed by atoms with Crippen molar-refractivity contribution < 1.29 is 4.79 Å². The molecule has 1 amide bonds. The van der Waals surface area contributed by atoms with Crippen molar-refractivity contribution in [1.29, 1.82) is 0 Å². The summed E-state index contributed by atoms with van der Waals surface area (Å²) in [6.07, 6.45) is 1.44. The van der Waals surface area contributed by atoms with Gasteiger partial charge in [-0.05, 0) is 17.7 Å². The number of hydrogen-bond acceptors (Lipinski definition) is 5. The first-order valence-electron chi connectivity index (χ1n) is 7.67. The van der Waals surface area contributed by atoms with Crippen molar-refractivity contribution in [2.45, 2.75) is 0 Å². The fraction of sp³-hybridized carbons (Fsp3) is 0.250. The van der Waals surface area contributed by atoms with Crippen molar-refractivity contribution in [3.8, 4) is 0 Å². The molecule has 0 aliphatic rings. The van der Waals surface area contributed by atoms with E-state index < -0.39 is 17.2 Å². The predicted octanol–water partition coefficient (Wildman–Crippen LogP) is 1.11. The van der Waals surface area contributed by atoms with Gasteiger partial charge in [0.05, 0.1) is 6.21 Å². The molecule has 0 unspecified atom stereocenters. The van der Waals surface area contributed by atoms with Gasteiger partial charge in [0.2, 0.25) is 0 Å². The molecular weight excluding hydrogens is 381 g/mol. The zero-order valence-electron chi connectivity index (χ0n) is 13.7. The maximum atomic E-state index is 11.8. The van der Waals surface area contributed by atoms with E-state index in [4.69, 9.17) is 23.2 Å². The molecule has 0 aliphatic carbocycles. The second kappa shape index (κ2) is 9.79. The molecule has 2 rings (SSSR count). The van der Waals surface area contributed by atoms with Gasteiger partial charge in [0.25, 0.3) is 11.5 Å². The topological polar surface area (TPSA) is 110 Å². The summed E-state index contributed by atoms with van der Waals surface area (Å²) in [4.78, 5) is 40.4.